The van der Waals surface area contributed by atoms with E-state index in [1.807, 2.05) is 35.9 Å². The molecule has 6 nitrogen and oxygen atoms in total. The Balaban J connectivity index is 1.40. The fourth-order valence-corrected chi connectivity index (χ4v) is 3.49. The molecule has 1 amide bonds. The average Bonchev–Trinajstić information content (AvgIpc) is 3.21. The van der Waals surface area contributed by atoms with Crippen LogP contribution in [0.3, 0.4) is 0 Å². The highest BCUT2D eigenvalue weighted by Crippen LogP contribution is 2.22. The number of nitrogens with one attached hydrogen (secondary N) is 1. The highest BCUT2D eigenvalue weighted by Gasteiger charge is 2.22. The van der Waals surface area contributed by atoms with Gasteiger partial charge in [-0.05, 0) is 48.7 Å². The first-order valence-electron chi connectivity index (χ1n) is 10.8. The molecule has 2 aromatic rings. The van der Waals surface area contributed by atoms with Crippen LogP contribution in [0.25, 0.3) is 0 Å². The molecule has 0 bridgehead atoms. The minimum absolute atomic E-state index is 0.178. The number of fused-ring (bicyclic) bond motifs is 1. The maximum absolute atomic E-state index is 13.0. The summed E-state index contributed by atoms with van der Waals surface area (Å²) < 4.78 is 18.6. The lowest BCUT2D eigenvalue weighted by Gasteiger charge is -2.22. The van der Waals surface area contributed by atoms with Gasteiger partial charge in [0, 0.05) is 39.6 Å². The van der Waals surface area contributed by atoms with Crippen molar-refractivity contribution in [1.29, 1.82) is 0 Å². The lowest BCUT2D eigenvalue weighted by Crippen LogP contribution is -2.41. The van der Waals surface area contributed by atoms with Crippen molar-refractivity contribution in [1.82, 2.24) is 15.1 Å². The van der Waals surface area contributed by atoms with Crippen LogP contribution < -0.4 is 10.1 Å². The van der Waals surface area contributed by atoms with Crippen molar-refractivity contribution >= 4 is 11.9 Å². The van der Waals surface area contributed by atoms with Crippen LogP contribution in [0.4, 0.5) is 4.39 Å². The Morgan fingerprint density at radius 3 is 2.48 bits per heavy atom. The van der Waals surface area contributed by atoms with Crippen LogP contribution in [0.15, 0.2) is 53.5 Å². The third kappa shape index (κ3) is 6.70. The van der Waals surface area contributed by atoms with Gasteiger partial charge in [0.1, 0.15) is 18.2 Å². The SMILES string of the molecule is CCNC(=NCCCC(=O)N1Cc2ccccc2C1)N(C)CCOc1ccc(F)cc1. The fourth-order valence-electron chi connectivity index (χ4n) is 3.49. The molecule has 166 valence electrons. The van der Waals surface area contributed by atoms with E-state index in [9.17, 15) is 9.18 Å². The molecule has 3 rings (SSSR count). The molecule has 0 atom stereocenters. The Bertz CT molecular complexity index is 860. The monoisotopic (exact) mass is 426 g/mol. The van der Waals surface area contributed by atoms with Crippen molar-refractivity contribution in [3.05, 3.63) is 65.5 Å². The van der Waals surface area contributed by atoms with Crippen LogP contribution in [-0.2, 0) is 17.9 Å². The first-order valence-corrected chi connectivity index (χ1v) is 10.8. The molecule has 1 heterocycles. The summed E-state index contributed by atoms with van der Waals surface area (Å²) in [6.45, 7) is 5.86. The van der Waals surface area contributed by atoms with Crippen molar-refractivity contribution in [2.45, 2.75) is 32.9 Å². The molecule has 0 unspecified atom stereocenters. The Hall–Kier alpha value is -3.09. The Morgan fingerprint density at radius 2 is 1.84 bits per heavy atom. The Labute approximate surface area is 183 Å². The predicted octanol–water partition coefficient (Wildman–Crippen LogP) is 3.42. The van der Waals surface area contributed by atoms with Crippen LogP contribution in [0.5, 0.6) is 5.75 Å². The van der Waals surface area contributed by atoms with Crippen molar-refractivity contribution in [2.24, 2.45) is 4.99 Å². The van der Waals surface area contributed by atoms with E-state index in [0.29, 0.717) is 51.4 Å². The van der Waals surface area contributed by atoms with Crippen molar-refractivity contribution < 1.29 is 13.9 Å². The van der Waals surface area contributed by atoms with Gasteiger partial charge in [0.2, 0.25) is 5.91 Å². The Kier molecular flexibility index (Phi) is 8.27. The van der Waals surface area contributed by atoms with E-state index in [2.05, 4.69) is 22.4 Å². The summed E-state index contributed by atoms with van der Waals surface area (Å²) in [5.74, 6) is 1.32. The lowest BCUT2D eigenvalue weighted by molar-refractivity contribution is -0.131. The minimum Gasteiger partial charge on any atom is -0.492 e. The second kappa shape index (κ2) is 11.3. The number of ether oxygens (including phenoxy) is 1. The molecule has 1 aliphatic rings. The van der Waals surface area contributed by atoms with E-state index in [4.69, 9.17) is 4.74 Å². The minimum atomic E-state index is -0.279. The van der Waals surface area contributed by atoms with Gasteiger partial charge in [-0.2, -0.15) is 0 Å². The van der Waals surface area contributed by atoms with Gasteiger partial charge in [-0.1, -0.05) is 24.3 Å². The van der Waals surface area contributed by atoms with Gasteiger partial charge >= 0.3 is 0 Å². The lowest BCUT2D eigenvalue weighted by atomic mass is 10.1. The first-order chi connectivity index (χ1) is 15.1. The van der Waals surface area contributed by atoms with Crippen LogP contribution >= 0.6 is 0 Å². The number of benzene rings is 2. The molecule has 0 saturated heterocycles. The topological polar surface area (TPSA) is 57.2 Å². The van der Waals surface area contributed by atoms with Gasteiger partial charge in [-0.3, -0.25) is 9.79 Å². The van der Waals surface area contributed by atoms with E-state index in [1.165, 1.54) is 23.3 Å². The van der Waals surface area contributed by atoms with Crippen molar-refractivity contribution in [3.8, 4) is 5.75 Å². The third-order valence-electron chi connectivity index (χ3n) is 5.21. The van der Waals surface area contributed by atoms with Gasteiger partial charge in [0.05, 0.1) is 6.54 Å². The van der Waals surface area contributed by atoms with E-state index >= 15 is 0 Å². The predicted molar refractivity (Wildman–Crippen MR) is 120 cm³/mol. The number of rotatable bonds is 9. The number of likely N-dealkylation sites (N-methyl/N-ethyl adjacent to an activating group) is 1. The van der Waals surface area contributed by atoms with Crippen molar-refractivity contribution in [2.75, 3.05) is 33.3 Å². The molecule has 0 saturated carbocycles. The first kappa shape index (κ1) is 22.6. The molecular formula is C24H31FN4O2. The summed E-state index contributed by atoms with van der Waals surface area (Å²) in [4.78, 5) is 21.1. The smallest absolute Gasteiger partial charge is 0.223 e. The largest absolute Gasteiger partial charge is 0.492 e. The van der Waals surface area contributed by atoms with Gasteiger partial charge in [-0.15, -0.1) is 0 Å². The van der Waals surface area contributed by atoms with Crippen LogP contribution in [-0.4, -0.2) is 55.0 Å². The molecule has 7 heteroatoms. The molecule has 0 aliphatic carbocycles. The van der Waals surface area contributed by atoms with Crippen molar-refractivity contribution in [3.63, 3.8) is 0 Å². The van der Waals surface area contributed by atoms with Gasteiger partial charge in [0.25, 0.3) is 0 Å². The zero-order valence-electron chi connectivity index (χ0n) is 18.3. The molecule has 0 radical (unpaired) electrons. The van der Waals surface area contributed by atoms with Gasteiger partial charge in [0.15, 0.2) is 5.96 Å². The van der Waals surface area contributed by atoms with Crippen LogP contribution in [0.2, 0.25) is 0 Å². The standard InChI is InChI=1S/C24H31FN4O2/c1-3-26-24(28(2)15-16-31-22-12-10-21(25)11-13-22)27-14-6-9-23(30)29-17-19-7-4-5-8-20(19)18-29/h4-5,7-8,10-13H,3,6,9,14-18H2,1-2H3,(H,26,27). The number of amides is 1. The number of nitrogens with zero attached hydrogens (tertiary/aromatic N) is 3. The van der Waals surface area contributed by atoms with E-state index in [0.717, 1.165) is 12.5 Å². The maximum Gasteiger partial charge on any atom is 0.223 e. The summed E-state index contributed by atoms with van der Waals surface area (Å²) in [6, 6.07) is 14.2. The summed E-state index contributed by atoms with van der Waals surface area (Å²) in [5, 5.41) is 3.27. The number of hydrogen-bond acceptors (Lipinski definition) is 3. The fraction of sp³-hybridized carbons (Fsp3) is 0.417. The van der Waals surface area contributed by atoms with E-state index < -0.39 is 0 Å². The zero-order valence-corrected chi connectivity index (χ0v) is 18.3. The van der Waals surface area contributed by atoms with Gasteiger partial charge in [-0.25, -0.2) is 4.39 Å². The summed E-state index contributed by atoms with van der Waals surface area (Å²) in [6.07, 6.45) is 1.20. The highest BCUT2D eigenvalue weighted by atomic mass is 19.1. The molecule has 0 aromatic heterocycles. The third-order valence-corrected chi connectivity index (χ3v) is 5.21. The molecular weight excluding hydrogens is 395 g/mol. The summed E-state index contributed by atoms with van der Waals surface area (Å²) in [7, 11) is 1.95. The molecule has 0 spiro atoms. The molecule has 31 heavy (non-hydrogen) atoms. The summed E-state index contributed by atoms with van der Waals surface area (Å²) in [5.41, 5.74) is 2.49. The number of carbonyl (C=O) groups is 1. The van der Waals surface area contributed by atoms with E-state index in [1.54, 1.807) is 12.1 Å². The quantitative estimate of drug-likeness (QED) is 0.379. The average molecular weight is 427 g/mol. The number of guanidine groups is 1. The second-order valence-electron chi connectivity index (χ2n) is 7.58. The number of halogens is 1. The number of aliphatic imine (C=N–C) groups is 1. The van der Waals surface area contributed by atoms with E-state index in [-0.39, 0.29) is 11.7 Å². The highest BCUT2D eigenvalue weighted by molar-refractivity contribution is 5.80. The molecule has 1 N–H and O–H groups in total. The molecule has 2 aromatic carbocycles. The van der Waals surface area contributed by atoms with Crippen LogP contribution in [0, 0.1) is 5.82 Å². The molecule has 1 aliphatic heterocycles. The normalized spacial score (nSPS) is 13.1. The summed E-state index contributed by atoms with van der Waals surface area (Å²) >= 11 is 0. The van der Waals surface area contributed by atoms with Gasteiger partial charge < -0.3 is 19.9 Å². The van der Waals surface area contributed by atoms with Crippen LogP contribution in [0.1, 0.15) is 30.9 Å². The number of carbonyl (C=O) groups excluding carboxylic acids is 1. The zero-order chi connectivity index (χ0) is 22.1. The second-order valence-corrected chi connectivity index (χ2v) is 7.58. The Morgan fingerprint density at radius 1 is 1.16 bits per heavy atom. The maximum atomic E-state index is 13.0. The molecule has 0 fully saturated rings. The number of hydrogen-bond donors (Lipinski definition) is 1.